The highest BCUT2D eigenvalue weighted by atomic mass is 16.5. The number of para-hydroxylation sites is 1. The summed E-state index contributed by atoms with van der Waals surface area (Å²) in [5.74, 6) is 0.920. The summed E-state index contributed by atoms with van der Waals surface area (Å²) in [6, 6.07) is 7.96. The van der Waals surface area contributed by atoms with E-state index in [1.807, 2.05) is 43.1 Å². The molecule has 0 amide bonds. The maximum Gasteiger partial charge on any atom is 0.122 e. The number of aliphatic hydroxyl groups excluding tert-OH is 1. The number of nitrogens with zero attached hydrogens (tertiary/aromatic N) is 1. The van der Waals surface area contributed by atoms with Crippen molar-refractivity contribution in [3.8, 4) is 5.75 Å². The fraction of sp³-hybridized carbons (Fsp3) is 0.571. The molecular weight excluding hydrogens is 230 g/mol. The third-order valence-corrected chi connectivity index (χ3v) is 2.71. The highest BCUT2D eigenvalue weighted by Crippen LogP contribution is 2.15. The van der Waals surface area contributed by atoms with E-state index in [1.165, 1.54) is 0 Å². The monoisotopic (exact) mass is 253 g/mol. The first-order chi connectivity index (χ1) is 8.63. The number of methoxy groups -OCH3 is 1. The average molecular weight is 253 g/mol. The second-order valence-corrected chi connectivity index (χ2v) is 4.49. The van der Waals surface area contributed by atoms with E-state index in [0.29, 0.717) is 19.8 Å². The molecule has 0 aliphatic heterocycles. The minimum absolute atomic E-state index is 0.364. The van der Waals surface area contributed by atoms with Crippen LogP contribution in [0.25, 0.3) is 0 Å². The highest BCUT2D eigenvalue weighted by molar-refractivity contribution is 5.31. The summed E-state index contributed by atoms with van der Waals surface area (Å²) in [6.45, 7) is 4.37. The Morgan fingerprint density at radius 1 is 1.33 bits per heavy atom. The molecule has 0 saturated heterocycles. The van der Waals surface area contributed by atoms with Crippen molar-refractivity contribution >= 4 is 0 Å². The molecular formula is C14H23NO3. The summed E-state index contributed by atoms with van der Waals surface area (Å²) in [6.07, 6.45) is -0.446. The van der Waals surface area contributed by atoms with E-state index in [4.69, 9.17) is 9.47 Å². The van der Waals surface area contributed by atoms with Gasteiger partial charge in [0.1, 0.15) is 12.4 Å². The predicted octanol–water partition coefficient (Wildman–Crippen LogP) is 1.31. The topological polar surface area (TPSA) is 41.9 Å². The second-order valence-electron chi connectivity index (χ2n) is 4.49. The summed E-state index contributed by atoms with van der Waals surface area (Å²) in [4.78, 5) is 2.03. The Morgan fingerprint density at radius 3 is 2.72 bits per heavy atom. The average Bonchev–Trinajstić information content (AvgIpc) is 2.31. The number of aryl methyl sites for hydroxylation is 1. The molecule has 0 saturated carbocycles. The van der Waals surface area contributed by atoms with Crippen LogP contribution in [0.15, 0.2) is 24.3 Å². The minimum atomic E-state index is -0.446. The summed E-state index contributed by atoms with van der Waals surface area (Å²) in [7, 11) is 3.55. The standard InChI is InChI=1S/C14H23NO3/c1-12-6-4-5-7-14(12)18-9-8-15(2)10-13(16)11-17-3/h4-7,13,16H,8-11H2,1-3H3. The quantitative estimate of drug-likeness (QED) is 0.758. The molecule has 0 aliphatic rings. The molecule has 0 radical (unpaired) electrons. The molecule has 1 aromatic carbocycles. The Hall–Kier alpha value is -1.10. The molecule has 102 valence electrons. The van der Waals surface area contributed by atoms with Crippen LogP contribution in [-0.2, 0) is 4.74 Å². The summed E-state index contributed by atoms with van der Waals surface area (Å²) in [5.41, 5.74) is 1.14. The largest absolute Gasteiger partial charge is 0.492 e. The van der Waals surface area contributed by atoms with Gasteiger partial charge >= 0.3 is 0 Å². The lowest BCUT2D eigenvalue weighted by Crippen LogP contribution is -2.34. The number of hydrogen-bond donors (Lipinski definition) is 1. The Balaban J connectivity index is 2.23. The first kappa shape index (κ1) is 15.0. The third-order valence-electron chi connectivity index (χ3n) is 2.71. The zero-order valence-electron chi connectivity index (χ0n) is 11.4. The van der Waals surface area contributed by atoms with Gasteiger partial charge < -0.3 is 19.5 Å². The molecule has 0 aliphatic carbocycles. The summed E-state index contributed by atoms with van der Waals surface area (Å²) < 4.78 is 10.6. The Labute approximate surface area is 109 Å². The molecule has 1 N–H and O–H groups in total. The minimum Gasteiger partial charge on any atom is -0.492 e. The van der Waals surface area contributed by atoms with Gasteiger partial charge in [-0.1, -0.05) is 18.2 Å². The Bertz CT molecular complexity index is 344. The van der Waals surface area contributed by atoms with E-state index in [9.17, 15) is 5.11 Å². The summed E-state index contributed by atoms with van der Waals surface area (Å²) in [5, 5.41) is 9.57. The van der Waals surface area contributed by atoms with Crippen LogP contribution in [-0.4, -0.2) is 56.6 Å². The smallest absolute Gasteiger partial charge is 0.122 e. The lowest BCUT2D eigenvalue weighted by Gasteiger charge is -2.20. The van der Waals surface area contributed by atoms with Gasteiger partial charge in [-0.3, -0.25) is 0 Å². The number of aliphatic hydroxyl groups is 1. The van der Waals surface area contributed by atoms with Gasteiger partial charge in [0.15, 0.2) is 0 Å². The fourth-order valence-electron chi connectivity index (χ4n) is 1.73. The van der Waals surface area contributed by atoms with Crippen LogP contribution in [0.2, 0.25) is 0 Å². The maximum absolute atomic E-state index is 9.57. The molecule has 18 heavy (non-hydrogen) atoms. The normalized spacial score (nSPS) is 12.7. The number of benzene rings is 1. The molecule has 1 aromatic rings. The molecule has 0 bridgehead atoms. The van der Waals surface area contributed by atoms with E-state index in [1.54, 1.807) is 7.11 Å². The van der Waals surface area contributed by atoms with Crippen molar-refractivity contribution in [3.63, 3.8) is 0 Å². The van der Waals surface area contributed by atoms with Crippen LogP contribution in [0.1, 0.15) is 5.56 Å². The zero-order chi connectivity index (χ0) is 13.4. The van der Waals surface area contributed by atoms with E-state index in [2.05, 4.69) is 0 Å². The van der Waals surface area contributed by atoms with Gasteiger partial charge in [-0.2, -0.15) is 0 Å². The molecule has 0 spiro atoms. The predicted molar refractivity (Wildman–Crippen MR) is 72.1 cm³/mol. The zero-order valence-corrected chi connectivity index (χ0v) is 11.4. The first-order valence-corrected chi connectivity index (χ1v) is 6.17. The van der Waals surface area contributed by atoms with Crippen LogP contribution < -0.4 is 4.74 Å². The lowest BCUT2D eigenvalue weighted by atomic mass is 10.2. The molecule has 0 heterocycles. The van der Waals surface area contributed by atoms with Gasteiger partial charge in [-0.05, 0) is 25.6 Å². The number of likely N-dealkylation sites (N-methyl/N-ethyl adjacent to an activating group) is 1. The van der Waals surface area contributed by atoms with Gasteiger partial charge in [0, 0.05) is 20.2 Å². The van der Waals surface area contributed by atoms with Crippen LogP contribution in [0, 0.1) is 6.92 Å². The molecule has 4 nitrogen and oxygen atoms in total. The van der Waals surface area contributed by atoms with Crippen molar-refractivity contribution in [1.82, 2.24) is 4.90 Å². The maximum atomic E-state index is 9.57. The van der Waals surface area contributed by atoms with Crippen molar-refractivity contribution < 1.29 is 14.6 Å². The Morgan fingerprint density at radius 2 is 2.06 bits per heavy atom. The fourth-order valence-corrected chi connectivity index (χ4v) is 1.73. The van der Waals surface area contributed by atoms with Crippen LogP contribution in [0.4, 0.5) is 0 Å². The highest BCUT2D eigenvalue weighted by Gasteiger charge is 2.07. The van der Waals surface area contributed by atoms with E-state index in [0.717, 1.165) is 17.9 Å². The van der Waals surface area contributed by atoms with Gasteiger partial charge in [0.2, 0.25) is 0 Å². The van der Waals surface area contributed by atoms with Crippen LogP contribution >= 0.6 is 0 Å². The number of ether oxygens (including phenoxy) is 2. The van der Waals surface area contributed by atoms with Crippen LogP contribution in [0.5, 0.6) is 5.75 Å². The van der Waals surface area contributed by atoms with Gasteiger partial charge in [-0.15, -0.1) is 0 Å². The van der Waals surface area contributed by atoms with Crippen molar-refractivity contribution in [2.75, 3.05) is 40.5 Å². The molecule has 1 atom stereocenters. The van der Waals surface area contributed by atoms with Crippen LogP contribution in [0.3, 0.4) is 0 Å². The SMILES string of the molecule is COCC(O)CN(C)CCOc1ccccc1C. The third kappa shape index (κ3) is 5.49. The van der Waals surface area contributed by atoms with Crippen molar-refractivity contribution in [2.24, 2.45) is 0 Å². The molecule has 4 heteroatoms. The number of hydrogen-bond acceptors (Lipinski definition) is 4. The Kier molecular flexibility index (Phi) is 6.72. The second kappa shape index (κ2) is 8.08. The lowest BCUT2D eigenvalue weighted by molar-refractivity contribution is 0.0409. The number of rotatable bonds is 8. The van der Waals surface area contributed by atoms with Crippen molar-refractivity contribution in [3.05, 3.63) is 29.8 Å². The first-order valence-electron chi connectivity index (χ1n) is 6.17. The molecule has 1 rings (SSSR count). The van der Waals surface area contributed by atoms with Gasteiger partial charge in [-0.25, -0.2) is 0 Å². The van der Waals surface area contributed by atoms with Crippen molar-refractivity contribution in [2.45, 2.75) is 13.0 Å². The molecule has 1 unspecified atom stereocenters. The summed E-state index contributed by atoms with van der Waals surface area (Å²) >= 11 is 0. The van der Waals surface area contributed by atoms with Gasteiger partial charge in [0.05, 0.1) is 12.7 Å². The van der Waals surface area contributed by atoms with E-state index in [-0.39, 0.29) is 0 Å². The van der Waals surface area contributed by atoms with E-state index >= 15 is 0 Å². The van der Waals surface area contributed by atoms with Crippen molar-refractivity contribution in [1.29, 1.82) is 0 Å². The molecule has 0 aromatic heterocycles. The molecule has 0 fully saturated rings. The van der Waals surface area contributed by atoms with Gasteiger partial charge in [0.25, 0.3) is 0 Å². The van der Waals surface area contributed by atoms with E-state index < -0.39 is 6.10 Å².